The maximum Gasteiger partial charge on any atom is 0.255 e. The van der Waals surface area contributed by atoms with Crippen LogP contribution in [0.5, 0.6) is 5.75 Å². The third kappa shape index (κ3) is 5.33. The molecule has 19 heavy (non-hydrogen) atoms. The molecule has 1 aromatic rings. The molecule has 7 heteroatoms. The molecule has 1 amide bonds. The lowest BCUT2D eigenvalue weighted by Gasteiger charge is -2.07. The zero-order valence-corrected chi connectivity index (χ0v) is 12.4. The molecule has 6 nitrogen and oxygen atoms in total. The molecule has 0 aliphatic carbocycles. The third-order valence-electron chi connectivity index (χ3n) is 2.48. The largest absolute Gasteiger partial charge is 0.507 e. The Morgan fingerprint density at radius 2 is 2.16 bits per heavy atom. The van der Waals surface area contributed by atoms with Crippen molar-refractivity contribution in [2.24, 2.45) is 10.9 Å². The third-order valence-corrected chi connectivity index (χ3v) is 3.15. The van der Waals surface area contributed by atoms with Gasteiger partial charge in [0, 0.05) is 16.5 Å². The van der Waals surface area contributed by atoms with Gasteiger partial charge in [-0.05, 0) is 53.6 Å². The molecule has 5 N–H and O–H groups in total. The zero-order chi connectivity index (χ0) is 14.3. The summed E-state index contributed by atoms with van der Waals surface area (Å²) in [6, 6.07) is 4.85. The number of benzene rings is 1. The molecule has 0 aliphatic rings. The van der Waals surface area contributed by atoms with E-state index >= 15 is 0 Å². The van der Waals surface area contributed by atoms with Gasteiger partial charge in [0.15, 0.2) is 0 Å². The van der Waals surface area contributed by atoms with Crippen molar-refractivity contribution in [3.05, 3.63) is 27.3 Å². The minimum atomic E-state index is -0.306. The van der Waals surface area contributed by atoms with E-state index in [9.17, 15) is 9.90 Å². The average Bonchev–Trinajstić information content (AvgIpc) is 2.40. The highest BCUT2D eigenvalue weighted by Gasteiger charge is 2.10. The van der Waals surface area contributed by atoms with Gasteiger partial charge >= 0.3 is 0 Å². The van der Waals surface area contributed by atoms with Crippen LogP contribution < -0.4 is 11.1 Å². The summed E-state index contributed by atoms with van der Waals surface area (Å²) in [6.07, 6.45) is 1.92. The molecule has 0 fully saturated rings. The minimum Gasteiger partial charge on any atom is -0.507 e. The quantitative estimate of drug-likeness (QED) is 0.151. The summed E-state index contributed by atoms with van der Waals surface area (Å²) in [7, 11) is 0. The topological polar surface area (TPSA) is 108 Å². The number of carbonyl (C=O) groups is 1. The first kappa shape index (κ1) is 15.5. The Labute approximate surface area is 124 Å². The Hall–Kier alpha value is -1.51. The van der Waals surface area contributed by atoms with Gasteiger partial charge in [-0.2, -0.15) is 0 Å². The van der Waals surface area contributed by atoms with E-state index in [1.54, 1.807) is 12.1 Å². The number of hydrogen-bond acceptors (Lipinski definition) is 4. The van der Waals surface area contributed by atoms with Crippen LogP contribution in [0.25, 0.3) is 0 Å². The van der Waals surface area contributed by atoms with Crippen molar-refractivity contribution >= 4 is 34.3 Å². The molecule has 1 rings (SSSR count). The number of amides is 1. The monoisotopic (exact) mass is 377 g/mol. The van der Waals surface area contributed by atoms with E-state index in [-0.39, 0.29) is 23.1 Å². The number of oxime groups is 1. The van der Waals surface area contributed by atoms with Gasteiger partial charge in [-0.25, -0.2) is 0 Å². The molecule has 0 saturated heterocycles. The molecular formula is C12H16IN3O3. The summed E-state index contributed by atoms with van der Waals surface area (Å²) < 4.78 is 0.882. The van der Waals surface area contributed by atoms with Gasteiger partial charge in [-0.1, -0.05) is 5.16 Å². The highest BCUT2D eigenvalue weighted by molar-refractivity contribution is 14.1. The van der Waals surface area contributed by atoms with Crippen molar-refractivity contribution < 1.29 is 15.1 Å². The molecule has 0 aliphatic heterocycles. The number of hydrogen-bond donors (Lipinski definition) is 4. The van der Waals surface area contributed by atoms with Crippen LogP contribution in [0.3, 0.4) is 0 Å². The van der Waals surface area contributed by atoms with Crippen LogP contribution in [-0.2, 0) is 0 Å². The number of unbranched alkanes of at least 4 members (excludes halogenated alkanes) is 1. The summed E-state index contributed by atoms with van der Waals surface area (Å²) in [6.45, 7) is 0.475. The summed E-state index contributed by atoms with van der Waals surface area (Å²) in [4.78, 5) is 11.8. The highest BCUT2D eigenvalue weighted by atomic mass is 127. The van der Waals surface area contributed by atoms with Crippen molar-refractivity contribution in [3.63, 3.8) is 0 Å². The number of aromatic hydroxyl groups is 1. The van der Waals surface area contributed by atoms with Crippen LogP contribution >= 0.6 is 22.6 Å². The van der Waals surface area contributed by atoms with Gasteiger partial charge in [0.1, 0.15) is 11.6 Å². The number of rotatable bonds is 6. The lowest BCUT2D eigenvalue weighted by atomic mass is 10.2. The highest BCUT2D eigenvalue weighted by Crippen LogP contribution is 2.19. The number of amidine groups is 1. The Morgan fingerprint density at radius 3 is 2.84 bits per heavy atom. The van der Waals surface area contributed by atoms with E-state index in [0.29, 0.717) is 25.8 Å². The first-order chi connectivity index (χ1) is 9.04. The van der Waals surface area contributed by atoms with E-state index in [1.165, 1.54) is 6.07 Å². The van der Waals surface area contributed by atoms with Crippen LogP contribution in [0.1, 0.15) is 29.6 Å². The molecule has 104 valence electrons. The summed E-state index contributed by atoms with van der Waals surface area (Å²) in [5, 5.41) is 23.5. The zero-order valence-electron chi connectivity index (χ0n) is 10.3. The maximum atomic E-state index is 11.8. The second kappa shape index (κ2) is 7.82. The summed E-state index contributed by atoms with van der Waals surface area (Å²) in [5.74, 6) is -0.157. The van der Waals surface area contributed by atoms with Crippen LogP contribution in [0.15, 0.2) is 23.4 Å². The lowest BCUT2D eigenvalue weighted by Crippen LogP contribution is -2.25. The van der Waals surface area contributed by atoms with E-state index in [2.05, 4.69) is 33.1 Å². The predicted octanol–water partition coefficient (Wildman–Crippen LogP) is 1.64. The molecule has 0 spiro atoms. The van der Waals surface area contributed by atoms with Gasteiger partial charge in [-0.3, -0.25) is 4.79 Å². The lowest BCUT2D eigenvalue weighted by molar-refractivity contribution is 0.0950. The first-order valence-electron chi connectivity index (χ1n) is 5.77. The van der Waals surface area contributed by atoms with Crippen molar-refractivity contribution in [2.45, 2.75) is 19.3 Å². The van der Waals surface area contributed by atoms with Crippen molar-refractivity contribution in [1.82, 2.24) is 5.32 Å². The minimum absolute atomic E-state index is 0.0328. The number of halogens is 1. The number of nitrogens with one attached hydrogen (secondary N) is 1. The first-order valence-corrected chi connectivity index (χ1v) is 6.85. The van der Waals surface area contributed by atoms with Crippen molar-refractivity contribution in [1.29, 1.82) is 0 Å². The van der Waals surface area contributed by atoms with Crippen molar-refractivity contribution in [3.8, 4) is 5.75 Å². The van der Waals surface area contributed by atoms with E-state index in [4.69, 9.17) is 10.9 Å². The molecule has 0 radical (unpaired) electrons. The normalized spacial score (nSPS) is 11.3. The average molecular weight is 377 g/mol. The van der Waals surface area contributed by atoms with Gasteiger partial charge in [0.05, 0.1) is 5.56 Å². The molecular weight excluding hydrogens is 361 g/mol. The fourth-order valence-corrected chi connectivity index (χ4v) is 1.96. The number of nitrogens with zero attached hydrogens (tertiary/aromatic N) is 1. The Bertz CT molecular complexity index is 477. The van der Waals surface area contributed by atoms with Crippen LogP contribution in [0, 0.1) is 3.57 Å². The molecule has 0 bridgehead atoms. The van der Waals surface area contributed by atoms with Crippen LogP contribution in [0.2, 0.25) is 0 Å². The number of phenolic OH excluding ortho intramolecular Hbond substituents is 1. The Balaban J connectivity index is 2.37. The van der Waals surface area contributed by atoms with Gasteiger partial charge in [0.2, 0.25) is 0 Å². The van der Waals surface area contributed by atoms with Crippen LogP contribution in [0.4, 0.5) is 0 Å². The smallest absolute Gasteiger partial charge is 0.255 e. The molecule has 0 atom stereocenters. The van der Waals surface area contributed by atoms with Gasteiger partial charge in [0.25, 0.3) is 5.91 Å². The molecule has 0 heterocycles. The summed E-state index contributed by atoms with van der Waals surface area (Å²) in [5.41, 5.74) is 5.59. The van der Waals surface area contributed by atoms with Crippen molar-refractivity contribution in [2.75, 3.05) is 6.54 Å². The van der Waals surface area contributed by atoms with Gasteiger partial charge in [-0.15, -0.1) is 0 Å². The fourth-order valence-electron chi connectivity index (χ4n) is 1.47. The second-order valence-electron chi connectivity index (χ2n) is 3.97. The van der Waals surface area contributed by atoms with E-state index in [1.807, 2.05) is 0 Å². The molecule has 0 unspecified atom stereocenters. The number of carbonyl (C=O) groups excluding carboxylic acids is 1. The second-order valence-corrected chi connectivity index (χ2v) is 5.21. The number of nitrogens with two attached hydrogens (primary N) is 1. The van der Waals surface area contributed by atoms with Crippen LogP contribution in [-0.4, -0.2) is 28.6 Å². The Morgan fingerprint density at radius 1 is 1.42 bits per heavy atom. The number of phenols is 1. The predicted molar refractivity (Wildman–Crippen MR) is 80.4 cm³/mol. The molecule has 0 aromatic heterocycles. The SMILES string of the molecule is N/C(CCCCNC(=O)c1cc(I)ccc1O)=N/O. The maximum absolute atomic E-state index is 11.8. The molecule has 1 aromatic carbocycles. The summed E-state index contributed by atoms with van der Waals surface area (Å²) >= 11 is 2.08. The fraction of sp³-hybridized carbons (Fsp3) is 0.333. The van der Waals surface area contributed by atoms with Gasteiger partial charge < -0.3 is 21.4 Å². The standard InChI is InChI=1S/C12H16IN3O3/c13-8-4-5-10(17)9(7-8)12(18)15-6-2-1-3-11(14)16-19/h4-5,7,17,19H,1-3,6H2,(H2,14,16)(H,15,18). The Kier molecular flexibility index (Phi) is 6.40. The van der Waals surface area contributed by atoms with E-state index < -0.39 is 0 Å². The molecule has 0 saturated carbocycles. The van der Waals surface area contributed by atoms with E-state index in [0.717, 1.165) is 3.57 Å².